The van der Waals surface area contributed by atoms with Crippen molar-refractivity contribution in [2.75, 3.05) is 21.3 Å². The molecule has 2 aliphatic carbocycles. The fourth-order valence-corrected chi connectivity index (χ4v) is 5.66. The molecule has 0 aromatic heterocycles. The summed E-state index contributed by atoms with van der Waals surface area (Å²) < 4.78 is 17.8. The summed E-state index contributed by atoms with van der Waals surface area (Å²) in [5, 5.41) is 0. The Labute approximate surface area is 156 Å². The SMILES string of the molecule is COc1ccc(C2C3CCCC3C(c3ccccc3)C2(OC)OC)cc1. The van der Waals surface area contributed by atoms with Crippen molar-refractivity contribution in [1.29, 1.82) is 0 Å². The molecule has 0 heterocycles. The summed E-state index contributed by atoms with van der Waals surface area (Å²) in [6.07, 6.45) is 3.76. The molecule has 0 aliphatic heterocycles. The first-order chi connectivity index (χ1) is 12.7. The largest absolute Gasteiger partial charge is 0.497 e. The summed E-state index contributed by atoms with van der Waals surface area (Å²) >= 11 is 0. The molecule has 4 unspecified atom stereocenters. The maximum atomic E-state index is 6.22. The Balaban J connectivity index is 1.83. The van der Waals surface area contributed by atoms with E-state index in [1.807, 2.05) is 12.1 Å². The van der Waals surface area contributed by atoms with Crippen LogP contribution in [0.25, 0.3) is 0 Å². The lowest BCUT2D eigenvalue weighted by molar-refractivity contribution is -0.226. The molecule has 0 N–H and O–H groups in total. The average molecular weight is 352 g/mol. The van der Waals surface area contributed by atoms with E-state index in [9.17, 15) is 0 Å². The second kappa shape index (κ2) is 7.05. The number of methoxy groups -OCH3 is 3. The molecule has 0 bridgehead atoms. The molecule has 0 spiro atoms. The third kappa shape index (κ3) is 2.57. The third-order valence-corrected chi connectivity index (χ3v) is 6.62. The maximum Gasteiger partial charge on any atom is 0.181 e. The zero-order chi connectivity index (χ0) is 18.1. The van der Waals surface area contributed by atoms with Crippen LogP contribution in [0.1, 0.15) is 42.2 Å². The van der Waals surface area contributed by atoms with Crippen LogP contribution in [0.2, 0.25) is 0 Å². The van der Waals surface area contributed by atoms with E-state index in [0.717, 1.165) is 5.75 Å². The summed E-state index contributed by atoms with van der Waals surface area (Å²) in [6, 6.07) is 19.2. The molecule has 2 aliphatic rings. The minimum atomic E-state index is -0.633. The van der Waals surface area contributed by atoms with E-state index in [4.69, 9.17) is 14.2 Å². The second-order valence-electron chi connectivity index (χ2n) is 7.53. The van der Waals surface area contributed by atoms with Crippen LogP contribution in [-0.4, -0.2) is 27.1 Å². The van der Waals surface area contributed by atoms with Gasteiger partial charge in [-0.25, -0.2) is 0 Å². The van der Waals surface area contributed by atoms with Crippen molar-refractivity contribution in [3.8, 4) is 5.75 Å². The lowest BCUT2D eigenvalue weighted by atomic mass is 9.82. The smallest absolute Gasteiger partial charge is 0.181 e. The number of benzene rings is 2. The van der Waals surface area contributed by atoms with Gasteiger partial charge in [-0.15, -0.1) is 0 Å². The Morgan fingerprint density at radius 1 is 0.731 bits per heavy atom. The molecule has 0 amide bonds. The lowest BCUT2D eigenvalue weighted by Gasteiger charge is -2.40. The minimum absolute atomic E-state index is 0.223. The molecule has 2 saturated carbocycles. The molecule has 2 fully saturated rings. The van der Waals surface area contributed by atoms with E-state index < -0.39 is 5.79 Å². The maximum absolute atomic E-state index is 6.22. The normalized spacial score (nSPS) is 29.5. The molecule has 2 aromatic carbocycles. The summed E-state index contributed by atoms with van der Waals surface area (Å²) in [7, 11) is 5.31. The molecular formula is C23H28O3. The van der Waals surface area contributed by atoms with Gasteiger partial charge in [-0.3, -0.25) is 0 Å². The van der Waals surface area contributed by atoms with Gasteiger partial charge in [0.1, 0.15) is 5.75 Å². The molecule has 4 rings (SSSR count). The minimum Gasteiger partial charge on any atom is -0.497 e. The van der Waals surface area contributed by atoms with Gasteiger partial charge in [0.15, 0.2) is 5.79 Å². The highest BCUT2D eigenvalue weighted by Gasteiger charge is 2.63. The van der Waals surface area contributed by atoms with E-state index in [0.29, 0.717) is 11.8 Å². The second-order valence-corrected chi connectivity index (χ2v) is 7.53. The van der Waals surface area contributed by atoms with Crippen molar-refractivity contribution in [2.45, 2.75) is 36.9 Å². The van der Waals surface area contributed by atoms with Crippen LogP contribution < -0.4 is 4.74 Å². The van der Waals surface area contributed by atoms with Crippen LogP contribution >= 0.6 is 0 Å². The highest BCUT2D eigenvalue weighted by Crippen LogP contribution is 2.64. The van der Waals surface area contributed by atoms with E-state index in [2.05, 4.69) is 42.5 Å². The van der Waals surface area contributed by atoms with Crippen molar-refractivity contribution in [2.24, 2.45) is 11.8 Å². The molecule has 0 saturated heterocycles. The quantitative estimate of drug-likeness (QED) is 0.710. The number of rotatable bonds is 5. The van der Waals surface area contributed by atoms with Crippen LogP contribution in [0.3, 0.4) is 0 Å². The van der Waals surface area contributed by atoms with Crippen molar-refractivity contribution in [1.82, 2.24) is 0 Å². The van der Waals surface area contributed by atoms with Gasteiger partial charge in [-0.05, 0) is 47.9 Å². The molecule has 0 radical (unpaired) electrons. The first-order valence-corrected chi connectivity index (χ1v) is 9.54. The van der Waals surface area contributed by atoms with E-state index in [1.165, 1.54) is 30.4 Å². The van der Waals surface area contributed by atoms with Gasteiger partial charge < -0.3 is 14.2 Å². The number of ether oxygens (including phenoxy) is 3. The van der Waals surface area contributed by atoms with Gasteiger partial charge in [0.05, 0.1) is 7.11 Å². The van der Waals surface area contributed by atoms with Crippen LogP contribution in [0.4, 0.5) is 0 Å². The summed E-state index contributed by atoms with van der Waals surface area (Å²) in [5.74, 6) is 1.89. The molecule has 26 heavy (non-hydrogen) atoms. The fourth-order valence-electron chi connectivity index (χ4n) is 5.66. The van der Waals surface area contributed by atoms with Crippen molar-refractivity contribution in [3.05, 3.63) is 65.7 Å². The fraction of sp³-hybridized carbons (Fsp3) is 0.478. The first kappa shape index (κ1) is 17.6. The number of hydrogen-bond donors (Lipinski definition) is 0. The highest BCUT2D eigenvalue weighted by molar-refractivity contribution is 5.37. The van der Waals surface area contributed by atoms with Crippen LogP contribution in [0, 0.1) is 11.8 Å². The Hall–Kier alpha value is -1.84. The topological polar surface area (TPSA) is 27.7 Å². The van der Waals surface area contributed by atoms with Gasteiger partial charge >= 0.3 is 0 Å². The standard InChI is InChI=1S/C23H28O3/c1-24-18-14-12-17(13-15-18)22-20-11-7-10-19(20)21(23(22,25-2)26-3)16-8-5-4-6-9-16/h4-6,8-9,12-15,19-22H,7,10-11H2,1-3H3. The van der Waals surface area contributed by atoms with Crippen molar-refractivity contribution >= 4 is 0 Å². The molecule has 3 heteroatoms. The van der Waals surface area contributed by atoms with Gasteiger partial charge in [0.25, 0.3) is 0 Å². The summed E-state index contributed by atoms with van der Waals surface area (Å²) in [6.45, 7) is 0. The van der Waals surface area contributed by atoms with Gasteiger partial charge in [-0.2, -0.15) is 0 Å². The van der Waals surface area contributed by atoms with Crippen LogP contribution in [-0.2, 0) is 9.47 Å². The van der Waals surface area contributed by atoms with Gasteiger partial charge in [-0.1, -0.05) is 48.9 Å². The van der Waals surface area contributed by atoms with E-state index >= 15 is 0 Å². The lowest BCUT2D eigenvalue weighted by Crippen LogP contribution is -2.43. The zero-order valence-corrected chi connectivity index (χ0v) is 15.9. The molecular weight excluding hydrogens is 324 g/mol. The van der Waals surface area contributed by atoms with E-state index in [-0.39, 0.29) is 11.8 Å². The number of hydrogen-bond acceptors (Lipinski definition) is 3. The van der Waals surface area contributed by atoms with Gasteiger partial charge in [0, 0.05) is 26.1 Å². The van der Waals surface area contributed by atoms with E-state index in [1.54, 1.807) is 21.3 Å². The molecule has 3 nitrogen and oxygen atoms in total. The van der Waals surface area contributed by atoms with Crippen LogP contribution in [0.5, 0.6) is 5.75 Å². The van der Waals surface area contributed by atoms with Crippen molar-refractivity contribution < 1.29 is 14.2 Å². The Kier molecular flexibility index (Phi) is 4.76. The Morgan fingerprint density at radius 2 is 1.27 bits per heavy atom. The van der Waals surface area contributed by atoms with Crippen LogP contribution in [0.15, 0.2) is 54.6 Å². The third-order valence-electron chi connectivity index (χ3n) is 6.62. The molecule has 2 aromatic rings. The number of fused-ring (bicyclic) bond motifs is 1. The summed E-state index contributed by atoms with van der Waals surface area (Å²) in [4.78, 5) is 0. The van der Waals surface area contributed by atoms with Crippen molar-refractivity contribution in [3.63, 3.8) is 0 Å². The predicted octanol–water partition coefficient (Wildman–Crippen LogP) is 4.98. The Bertz CT molecular complexity index is 721. The predicted molar refractivity (Wildman–Crippen MR) is 102 cm³/mol. The average Bonchev–Trinajstić information content (AvgIpc) is 3.26. The molecule has 138 valence electrons. The molecule has 4 atom stereocenters. The first-order valence-electron chi connectivity index (χ1n) is 9.54. The zero-order valence-electron chi connectivity index (χ0n) is 15.9. The van der Waals surface area contributed by atoms with Gasteiger partial charge in [0.2, 0.25) is 0 Å². The summed E-state index contributed by atoms with van der Waals surface area (Å²) in [5.41, 5.74) is 2.61. The monoisotopic (exact) mass is 352 g/mol. The highest BCUT2D eigenvalue weighted by atomic mass is 16.7. The Morgan fingerprint density at radius 3 is 1.77 bits per heavy atom.